The number of hydrogen-bond donors (Lipinski definition) is 0. The highest BCUT2D eigenvalue weighted by Crippen LogP contribution is 2.22. The summed E-state index contributed by atoms with van der Waals surface area (Å²) >= 11 is 5.95. The Morgan fingerprint density at radius 2 is 2.12 bits per heavy atom. The van der Waals surface area contributed by atoms with Crippen LogP contribution in [0.15, 0.2) is 24.3 Å². The summed E-state index contributed by atoms with van der Waals surface area (Å²) < 4.78 is 4.61. The highest BCUT2D eigenvalue weighted by atomic mass is 35.5. The number of carbonyl (C=O) groups excluding carboxylic acids is 1. The largest absolute Gasteiger partial charge is 0.465 e. The number of esters is 1. The molecule has 0 saturated carbocycles. The summed E-state index contributed by atoms with van der Waals surface area (Å²) in [5.41, 5.74) is 3.06. The smallest absolute Gasteiger partial charge is 0.341 e. The summed E-state index contributed by atoms with van der Waals surface area (Å²) in [6.45, 7) is 3.91. The Morgan fingerprint density at radius 1 is 1.47 bits per heavy atom. The average Bonchev–Trinajstić information content (AvgIpc) is 2.30. The van der Waals surface area contributed by atoms with E-state index in [0.717, 1.165) is 16.7 Å². The number of rotatable bonds is 3. The molecule has 0 aromatic heterocycles. The fourth-order valence-corrected chi connectivity index (χ4v) is 1.97. The van der Waals surface area contributed by atoms with Gasteiger partial charge in [0.2, 0.25) is 0 Å². The van der Waals surface area contributed by atoms with Crippen LogP contribution in [0.1, 0.15) is 18.1 Å². The molecule has 90 valence electrons. The minimum Gasteiger partial charge on any atom is -0.465 e. The van der Waals surface area contributed by atoms with E-state index in [-0.39, 0.29) is 0 Å². The van der Waals surface area contributed by atoms with Gasteiger partial charge in [-0.3, -0.25) is 0 Å². The standard InChI is InChI=1S/C13H14ClO2P/c1-8-4-5-10(14)7-11(8)9(2)6-12(17)13(15)16-3/h4-7,17H,1-3H3/b9-6+. The molecular weight excluding hydrogens is 255 g/mol. The Bertz CT molecular complexity index is 492. The van der Waals surface area contributed by atoms with Crippen molar-refractivity contribution in [2.75, 3.05) is 7.11 Å². The zero-order chi connectivity index (χ0) is 13.0. The van der Waals surface area contributed by atoms with E-state index < -0.39 is 5.97 Å². The number of benzene rings is 1. The maximum Gasteiger partial charge on any atom is 0.341 e. The van der Waals surface area contributed by atoms with Gasteiger partial charge < -0.3 is 4.74 Å². The summed E-state index contributed by atoms with van der Waals surface area (Å²) in [6, 6.07) is 5.66. The van der Waals surface area contributed by atoms with Crippen molar-refractivity contribution in [3.05, 3.63) is 40.4 Å². The quantitative estimate of drug-likeness (QED) is 0.619. The summed E-state index contributed by atoms with van der Waals surface area (Å²) in [5.74, 6) is -0.402. The number of methoxy groups -OCH3 is 1. The number of ether oxygens (including phenoxy) is 1. The van der Waals surface area contributed by atoms with Crippen LogP contribution in [0.5, 0.6) is 0 Å². The Hall–Kier alpha value is -1.11. The van der Waals surface area contributed by atoms with Crippen molar-refractivity contribution in [2.24, 2.45) is 0 Å². The highest BCUT2D eigenvalue weighted by molar-refractivity contribution is 7.26. The number of aryl methyl sites for hydroxylation is 1. The fraction of sp³-hybridized carbons (Fsp3) is 0.231. The normalized spacial score (nSPS) is 11.2. The van der Waals surface area contributed by atoms with E-state index in [1.807, 2.05) is 32.0 Å². The van der Waals surface area contributed by atoms with Gasteiger partial charge in [-0.15, -0.1) is 8.86 Å². The van der Waals surface area contributed by atoms with Crippen LogP contribution >= 0.6 is 20.5 Å². The van der Waals surface area contributed by atoms with Crippen molar-refractivity contribution in [1.29, 1.82) is 0 Å². The van der Waals surface area contributed by atoms with Gasteiger partial charge in [0.15, 0.2) is 0 Å². The molecule has 0 bridgehead atoms. The van der Waals surface area contributed by atoms with Gasteiger partial charge in [-0.05, 0) is 48.8 Å². The van der Waals surface area contributed by atoms with E-state index in [1.165, 1.54) is 7.11 Å². The second-order valence-corrected chi connectivity index (χ2v) is 4.67. The Morgan fingerprint density at radius 3 is 2.71 bits per heavy atom. The van der Waals surface area contributed by atoms with Gasteiger partial charge in [0.25, 0.3) is 0 Å². The first-order valence-corrected chi connectivity index (χ1v) is 5.95. The molecule has 1 aromatic carbocycles. The number of carbonyl (C=O) groups is 1. The van der Waals surface area contributed by atoms with Crippen LogP contribution in [0.3, 0.4) is 0 Å². The molecule has 0 aliphatic carbocycles. The molecule has 17 heavy (non-hydrogen) atoms. The molecule has 1 rings (SSSR count). The van der Waals surface area contributed by atoms with Crippen LogP contribution in [0.25, 0.3) is 5.57 Å². The lowest BCUT2D eigenvalue weighted by Gasteiger charge is -2.07. The van der Waals surface area contributed by atoms with Crippen molar-refractivity contribution in [2.45, 2.75) is 13.8 Å². The summed E-state index contributed by atoms with van der Waals surface area (Å²) in [5, 5.41) is 1.05. The van der Waals surface area contributed by atoms with Crippen molar-refractivity contribution >= 4 is 37.3 Å². The van der Waals surface area contributed by atoms with E-state index in [9.17, 15) is 4.79 Å². The molecule has 1 aromatic rings. The first kappa shape index (κ1) is 14.0. The van der Waals surface area contributed by atoms with Crippen LogP contribution in [-0.2, 0) is 9.53 Å². The van der Waals surface area contributed by atoms with Gasteiger partial charge in [0.1, 0.15) is 0 Å². The van der Waals surface area contributed by atoms with Crippen molar-refractivity contribution in [3.63, 3.8) is 0 Å². The fourth-order valence-electron chi connectivity index (χ4n) is 1.48. The Balaban J connectivity index is 3.07. The van der Waals surface area contributed by atoms with E-state index in [2.05, 4.69) is 13.6 Å². The monoisotopic (exact) mass is 268 g/mol. The third-order valence-corrected chi connectivity index (χ3v) is 2.97. The molecule has 0 unspecified atom stereocenters. The van der Waals surface area contributed by atoms with E-state index in [1.54, 1.807) is 6.08 Å². The van der Waals surface area contributed by atoms with Crippen LogP contribution in [0, 0.1) is 6.92 Å². The molecule has 0 N–H and O–H groups in total. The van der Waals surface area contributed by atoms with Crippen LogP contribution in [0.4, 0.5) is 0 Å². The number of allylic oxidation sites excluding steroid dienone is 1. The zero-order valence-corrected chi connectivity index (χ0v) is 11.8. The maximum atomic E-state index is 11.3. The zero-order valence-electron chi connectivity index (χ0n) is 10.0. The number of hydrogen-bond acceptors (Lipinski definition) is 2. The van der Waals surface area contributed by atoms with E-state index >= 15 is 0 Å². The molecular formula is C13H14ClO2P. The van der Waals surface area contributed by atoms with Gasteiger partial charge in [-0.2, -0.15) is 0 Å². The molecule has 0 spiro atoms. The van der Waals surface area contributed by atoms with Gasteiger partial charge in [-0.25, -0.2) is 4.79 Å². The topological polar surface area (TPSA) is 26.3 Å². The maximum absolute atomic E-state index is 11.3. The molecule has 0 saturated heterocycles. The van der Waals surface area contributed by atoms with Gasteiger partial charge in [0.05, 0.1) is 12.4 Å². The van der Waals surface area contributed by atoms with Gasteiger partial charge in [-0.1, -0.05) is 17.7 Å². The lowest BCUT2D eigenvalue weighted by atomic mass is 10.0. The lowest BCUT2D eigenvalue weighted by Crippen LogP contribution is -2.10. The average molecular weight is 269 g/mol. The first-order valence-electron chi connectivity index (χ1n) is 5.07. The highest BCUT2D eigenvalue weighted by Gasteiger charge is 2.07. The lowest BCUT2D eigenvalue weighted by molar-refractivity contribution is -0.132. The molecule has 2 nitrogen and oxygen atoms in total. The van der Waals surface area contributed by atoms with Crippen LogP contribution in [-0.4, -0.2) is 18.4 Å². The number of halogens is 1. The SMILES string of the molecule is COC(=O)C(=P)/C=C(\C)c1cc(Cl)ccc1C. The molecule has 0 aliphatic rings. The molecule has 4 heteroatoms. The second-order valence-electron chi connectivity index (χ2n) is 3.69. The molecule has 0 heterocycles. The van der Waals surface area contributed by atoms with E-state index in [4.69, 9.17) is 11.6 Å². The molecule has 0 aliphatic heterocycles. The third kappa shape index (κ3) is 3.69. The van der Waals surface area contributed by atoms with Crippen molar-refractivity contribution < 1.29 is 9.53 Å². The molecule has 0 radical (unpaired) electrons. The summed E-state index contributed by atoms with van der Waals surface area (Å²) in [4.78, 5) is 11.3. The molecule has 0 fully saturated rings. The minimum absolute atomic E-state index is 0.379. The second kappa shape index (κ2) is 6.00. The van der Waals surface area contributed by atoms with Gasteiger partial charge >= 0.3 is 5.97 Å². The molecule has 0 atom stereocenters. The first-order chi connectivity index (χ1) is 7.95. The summed E-state index contributed by atoms with van der Waals surface area (Å²) in [6.07, 6.45) is 1.72. The van der Waals surface area contributed by atoms with Gasteiger partial charge in [0, 0.05) is 5.02 Å². The minimum atomic E-state index is -0.402. The third-order valence-electron chi connectivity index (χ3n) is 2.39. The van der Waals surface area contributed by atoms with E-state index in [0.29, 0.717) is 10.3 Å². The predicted molar refractivity (Wildman–Crippen MR) is 75.2 cm³/mol. The van der Waals surface area contributed by atoms with Crippen molar-refractivity contribution in [3.8, 4) is 0 Å². The van der Waals surface area contributed by atoms with Crippen LogP contribution < -0.4 is 0 Å². The Kier molecular flexibility index (Phi) is 4.92. The Labute approximate surface area is 108 Å². The molecule has 0 amide bonds. The summed E-state index contributed by atoms with van der Waals surface area (Å²) in [7, 11) is 4.57. The van der Waals surface area contributed by atoms with Crippen molar-refractivity contribution in [1.82, 2.24) is 0 Å². The predicted octanol–water partition coefficient (Wildman–Crippen LogP) is 3.54. The van der Waals surface area contributed by atoms with Crippen LogP contribution in [0.2, 0.25) is 5.02 Å².